The van der Waals surface area contributed by atoms with Crippen LogP contribution < -0.4 is 4.90 Å². The smallest absolute Gasteiger partial charge is 0.338 e. The number of piperazine rings is 1. The lowest BCUT2D eigenvalue weighted by molar-refractivity contribution is -0.158. The molecule has 0 aliphatic carbocycles. The van der Waals surface area contributed by atoms with Crippen LogP contribution in [0, 0.1) is 0 Å². The van der Waals surface area contributed by atoms with Crippen molar-refractivity contribution >= 4 is 22.4 Å². The van der Waals surface area contributed by atoms with Crippen LogP contribution in [-0.2, 0) is 27.4 Å². The summed E-state index contributed by atoms with van der Waals surface area (Å²) in [5.41, 5.74) is -0.0163. The van der Waals surface area contributed by atoms with E-state index in [9.17, 15) is 31.6 Å². The number of hydrogen-bond donors (Lipinski definition) is 1. The third-order valence-electron chi connectivity index (χ3n) is 6.52. The fourth-order valence-electron chi connectivity index (χ4n) is 4.36. The number of aryl methyl sites for hydroxylation is 1. The molecular formula is C25H28F3N7O4S. The van der Waals surface area contributed by atoms with E-state index in [-0.39, 0.29) is 39.0 Å². The summed E-state index contributed by atoms with van der Waals surface area (Å²) in [6.45, 7) is 0.847. The summed E-state index contributed by atoms with van der Waals surface area (Å²) in [5, 5.41) is 10.4. The zero-order valence-electron chi connectivity index (χ0n) is 21.4. The third-order valence-corrected chi connectivity index (χ3v) is 8.48. The topological polar surface area (TPSA) is 133 Å². The molecule has 15 heteroatoms. The molecule has 1 N–H and O–H groups in total. The first kappa shape index (κ1) is 29.3. The Bertz CT molecular complexity index is 1370. The lowest BCUT2D eigenvalue weighted by Gasteiger charge is -2.35. The summed E-state index contributed by atoms with van der Waals surface area (Å²) < 4.78 is 66.6. The van der Waals surface area contributed by atoms with Crippen LogP contribution in [-0.4, -0.2) is 87.3 Å². The van der Waals surface area contributed by atoms with Crippen LogP contribution in [0.3, 0.4) is 0 Å². The average molecular weight is 580 g/mol. The first-order chi connectivity index (χ1) is 19.1. The van der Waals surface area contributed by atoms with Crippen LogP contribution in [0.2, 0.25) is 0 Å². The molecule has 0 bridgehead atoms. The molecule has 40 heavy (non-hydrogen) atoms. The third kappa shape index (κ3) is 7.49. The summed E-state index contributed by atoms with van der Waals surface area (Å²) in [5.74, 6) is 0.470. The molecule has 1 saturated heterocycles. The van der Waals surface area contributed by atoms with E-state index in [1.807, 2.05) is 0 Å². The number of aromatic nitrogens is 4. The summed E-state index contributed by atoms with van der Waals surface area (Å²) in [7, 11) is -3.82. The van der Waals surface area contributed by atoms with Crippen LogP contribution in [0.15, 0.2) is 55.1 Å². The first-order valence-electron chi connectivity index (χ1n) is 12.5. The Morgan fingerprint density at radius 1 is 1.00 bits per heavy atom. The molecule has 3 heterocycles. The Morgan fingerprint density at radius 2 is 1.68 bits per heavy atom. The minimum absolute atomic E-state index is 0.137. The lowest BCUT2D eigenvalue weighted by Crippen LogP contribution is -2.51. The second kappa shape index (κ2) is 12.7. The molecule has 4 rings (SSSR count). The molecule has 0 saturated carbocycles. The number of rotatable bonds is 11. The van der Waals surface area contributed by atoms with Gasteiger partial charge in [-0.25, -0.2) is 33.4 Å². The Hall–Kier alpha value is -3.69. The van der Waals surface area contributed by atoms with Crippen molar-refractivity contribution in [3.05, 3.63) is 66.5 Å². The predicted molar refractivity (Wildman–Crippen MR) is 138 cm³/mol. The Morgan fingerprint density at radius 3 is 2.30 bits per heavy atom. The van der Waals surface area contributed by atoms with Gasteiger partial charge in [-0.1, -0.05) is 12.1 Å². The van der Waals surface area contributed by atoms with Gasteiger partial charge in [0, 0.05) is 63.0 Å². The van der Waals surface area contributed by atoms with Gasteiger partial charge in [-0.2, -0.15) is 17.5 Å². The normalized spacial score (nSPS) is 15.6. The van der Waals surface area contributed by atoms with Crippen LogP contribution >= 0.6 is 0 Å². The quantitative estimate of drug-likeness (QED) is 0.207. The molecular weight excluding hydrogens is 551 g/mol. The number of anilines is 1. The monoisotopic (exact) mass is 579 g/mol. The van der Waals surface area contributed by atoms with Gasteiger partial charge in [0.1, 0.15) is 5.82 Å². The van der Waals surface area contributed by atoms with E-state index >= 15 is 0 Å². The molecule has 1 fully saturated rings. The summed E-state index contributed by atoms with van der Waals surface area (Å²) in [6, 6.07) is 5.63. The van der Waals surface area contributed by atoms with Crippen molar-refractivity contribution in [3.63, 3.8) is 0 Å². The summed E-state index contributed by atoms with van der Waals surface area (Å²) in [4.78, 5) is 29.7. The van der Waals surface area contributed by atoms with E-state index in [0.29, 0.717) is 40.8 Å². The molecule has 1 unspecified atom stereocenters. The molecule has 1 atom stereocenters. The molecule has 0 spiro atoms. The highest BCUT2D eigenvalue weighted by atomic mass is 32.2. The van der Waals surface area contributed by atoms with Crippen LogP contribution in [0.4, 0.5) is 19.1 Å². The van der Waals surface area contributed by atoms with Gasteiger partial charge in [0.2, 0.25) is 22.4 Å². The predicted octanol–water partition coefficient (Wildman–Crippen LogP) is 2.64. The van der Waals surface area contributed by atoms with Gasteiger partial charge in [-0.05, 0) is 36.6 Å². The number of sulfonamides is 1. The van der Waals surface area contributed by atoms with Crippen LogP contribution in [0.1, 0.15) is 24.2 Å². The van der Waals surface area contributed by atoms with Gasteiger partial charge in [-0.15, -0.1) is 0 Å². The number of alkyl halides is 3. The number of carbonyl (C=O) groups is 1. The fourth-order valence-corrected chi connectivity index (χ4v) is 6.09. The Balaban J connectivity index is 1.34. The van der Waals surface area contributed by atoms with Crippen molar-refractivity contribution in [2.45, 2.75) is 31.5 Å². The van der Waals surface area contributed by atoms with E-state index in [1.165, 1.54) is 28.8 Å². The minimum Gasteiger partial charge on any atom is -0.338 e. The van der Waals surface area contributed by atoms with Crippen molar-refractivity contribution in [2.75, 3.05) is 36.8 Å². The number of halogens is 3. The second-order valence-electron chi connectivity index (χ2n) is 9.21. The van der Waals surface area contributed by atoms with Crippen molar-refractivity contribution in [3.8, 4) is 11.1 Å². The molecule has 1 aliphatic rings. The summed E-state index contributed by atoms with van der Waals surface area (Å²) >= 11 is 0. The highest BCUT2D eigenvalue weighted by molar-refractivity contribution is 7.89. The van der Waals surface area contributed by atoms with E-state index < -0.39 is 33.6 Å². The standard InChI is InChI=1S/C25H28F3N7O4S/c26-25(27,28)21-5-1-4-19(14-21)20-15-31-24(32-16-20)33-10-12-34(13-11-33)40(38,39)17-22(35(37)18-36)6-2-7-23-29-8-3-9-30-23/h1,3-5,8-9,14-16,18,22,37H,2,6-7,10-13,17H2. The summed E-state index contributed by atoms with van der Waals surface area (Å²) in [6.07, 6.45) is 2.97. The maximum Gasteiger partial charge on any atom is 0.416 e. The number of nitrogens with zero attached hydrogens (tertiary/aromatic N) is 7. The van der Waals surface area contributed by atoms with Crippen LogP contribution in [0.25, 0.3) is 11.1 Å². The first-order valence-corrected chi connectivity index (χ1v) is 14.1. The second-order valence-corrected chi connectivity index (χ2v) is 11.2. The number of hydroxylamine groups is 2. The molecule has 2 aromatic heterocycles. The molecule has 3 aromatic rings. The van der Waals surface area contributed by atoms with E-state index in [1.54, 1.807) is 23.4 Å². The number of amides is 1. The maximum absolute atomic E-state index is 13.1. The van der Waals surface area contributed by atoms with Gasteiger partial charge >= 0.3 is 6.18 Å². The molecule has 1 aromatic carbocycles. The van der Waals surface area contributed by atoms with Gasteiger partial charge in [0.25, 0.3) is 0 Å². The van der Waals surface area contributed by atoms with Crippen molar-refractivity contribution in [2.24, 2.45) is 0 Å². The fraction of sp³-hybridized carbons (Fsp3) is 0.400. The highest BCUT2D eigenvalue weighted by Crippen LogP contribution is 2.32. The largest absolute Gasteiger partial charge is 0.416 e. The van der Waals surface area contributed by atoms with Crippen molar-refractivity contribution in [1.82, 2.24) is 29.3 Å². The molecule has 1 aliphatic heterocycles. The van der Waals surface area contributed by atoms with Gasteiger partial charge < -0.3 is 4.90 Å². The van der Waals surface area contributed by atoms with Crippen molar-refractivity contribution in [1.29, 1.82) is 0 Å². The lowest BCUT2D eigenvalue weighted by atomic mass is 10.1. The maximum atomic E-state index is 13.1. The number of benzene rings is 1. The van der Waals surface area contributed by atoms with Gasteiger partial charge in [0.05, 0.1) is 17.4 Å². The minimum atomic E-state index is -4.46. The van der Waals surface area contributed by atoms with E-state index in [2.05, 4.69) is 19.9 Å². The zero-order chi connectivity index (χ0) is 28.8. The highest BCUT2D eigenvalue weighted by Gasteiger charge is 2.32. The van der Waals surface area contributed by atoms with Gasteiger partial charge in [0.15, 0.2) is 0 Å². The van der Waals surface area contributed by atoms with E-state index in [4.69, 9.17) is 0 Å². The molecule has 214 valence electrons. The number of carbonyl (C=O) groups excluding carboxylic acids is 1. The number of hydrogen-bond acceptors (Lipinski definition) is 9. The Labute approximate surface area is 229 Å². The van der Waals surface area contributed by atoms with E-state index in [0.717, 1.165) is 12.1 Å². The SMILES string of the molecule is O=CN(O)C(CCCc1ncccn1)CS(=O)(=O)N1CCN(c2ncc(-c3cccc(C(F)(F)F)c3)cn2)CC1. The van der Waals surface area contributed by atoms with Crippen LogP contribution in [0.5, 0.6) is 0 Å². The van der Waals surface area contributed by atoms with Crippen molar-refractivity contribution < 1.29 is 31.6 Å². The zero-order valence-corrected chi connectivity index (χ0v) is 22.2. The van der Waals surface area contributed by atoms with Gasteiger partial charge in [-0.3, -0.25) is 10.0 Å². The average Bonchev–Trinajstić information content (AvgIpc) is 2.96. The molecule has 11 nitrogen and oxygen atoms in total. The molecule has 0 radical (unpaired) electrons. The molecule has 1 amide bonds. The Kier molecular flexibility index (Phi) is 9.27.